The van der Waals surface area contributed by atoms with E-state index in [2.05, 4.69) is 5.32 Å². The quantitative estimate of drug-likeness (QED) is 0.782. The van der Waals surface area contributed by atoms with E-state index in [9.17, 15) is 14.4 Å². The van der Waals surface area contributed by atoms with Gasteiger partial charge in [0.25, 0.3) is 11.8 Å². The number of nitrogens with zero attached hydrogens (tertiary/aromatic N) is 1. The molecule has 0 aliphatic heterocycles. The molecule has 0 unspecified atom stereocenters. The number of amides is 2. The first-order chi connectivity index (χ1) is 10.5. The molecule has 0 atom stereocenters. The minimum Gasteiger partial charge on any atom is -0.456 e. The Balaban J connectivity index is 2.59. The minimum absolute atomic E-state index is 0.0419. The molecule has 0 spiro atoms. The molecule has 1 aromatic carbocycles. The number of benzene rings is 1. The van der Waals surface area contributed by atoms with Crippen molar-refractivity contribution in [1.82, 2.24) is 4.90 Å². The number of rotatable bonds is 7. The van der Waals surface area contributed by atoms with Crippen LogP contribution in [0.15, 0.2) is 24.3 Å². The van der Waals surface area contributed by atoms with Crippen LogP contribution in [-0.2, 0) is 14.3 Å². The molecule has 2 amide bonds. The van der Waals surface area contributed by atoms with Gasteiger partial charge in [0.1, 0.15) is 0 Å². The third kappa shape index (κ3) is 5.20. The van der Waals surface area contributed by atoms with Gasteiger partial charge in [-0.15, -0.1) is 0 Å². The Labute approximate surface area is 130 Å². The highest BCUT2D eigenvalue weighted by Gasteiger charge is 2.12. The summed E-state index contributed by atoms with van der Waals surface area (Å²) in [4.78, 5) is 36.4. The molecule has 1 N–H and O–H groups in total. The highest BCUT2D eigenvalue weighted by molar-refractivity contribution is 5.96. The van der Waals surface area contributed by atoms with Crippen LogP contribution in [0.4, 0.5) is 5.69 Å². The predicted molar refractivity (Wildman–Crippen MR) is 83.6 cm³/mol. The summed E-state index contributed by atoms with van der Waals surface area (Å²) in [7, 11) is 0. The van der Waals surface area contributed by atoms with E-state index in [0.29, 0.717) is 24.3 Å². The molecule has 22 heavy (non-hydrogen) atoms. The van der Waals surface area contributed by atoms with E-state index >= 15 is 0 Å². The lowest BCUT2D eigenvalue weighted by Gasteiger charge is -2.18. The minimum atomic E-state index is -0.421. The molecule has 0 fully saturated rings. The maximum Gasteiger partial charge on any atom is 0.306 e. The van der Waals surface area contributed by atoms with Gasteiger partial charge in [0, 0.05) is 30.8 Å². The van der Waals surface area contributed by atoms with Crippen molar-refractivity contribution >= 4 is 23.5 Å². The fourth-order valence-corrected chi connectivity index (χ4v) is 1.83. The average molecular weight is 306 g/mol. The lowest BCUT2D eigenvalue weighted by atomic mass is 10.2. The van der Waals surface area contributed by atoms with E-state index in [1.807, 2.05) is 13.8 Å². The monoisotopic (exact) mass is 306 g/mol. The van der Waals surface area contributed by atoms with Gasteiger partial charge in [0.2, 0.25) is 0 Å². The molecule has 6 nitrogen and oxygen atoms in total. The van der Waals surface area contributed by atoms with Crippen LogP contribution < -0.4 is 5.32 Å². The smallest absolute Gasteiger partial charge is 0.306 e. The van der Waals surface area contributed by atoms with Crippen LogP contribution in [0.1, 0.15) is 37.6 Å². The van der Waals surface area contributed by atoms with Crippen LogP contribution in [0.2, 0.25) is 0 Å². The summed E-state index contributed by atoms with van der Waals surface area (Å²) in [6.45, 7) is 6.49. The molecule has 1 rings (SSSR count). The van der Waals surface area contributed by atoms with E-state index in [1.54, 1.807) is 36.1 Å². The van der Waals surface area contributed by atoms with E-state index in [4.69, 9.17) is 4.74 Å². The summed E-state index contributed by atoms with van der Waals surface area (Å²) in [5.74, 6) is -0.875. The van der Waals surface area contributed by atoms with Gasteiger partial charge in [-0.2, -0.15) is 0 Å². The number of hydrogen-bond donors (Lipinski definition) is 1. The molecule has 0 heterocycles. The second-order valence-corrected chi connectivity index (χ2v) is 4.62. The average Bonchev–Trinajstić information content (AvgIpc) is 2.54. The fourth-order valence-electron chi connectivity index (χ4n) is 1.83. The van der Waals surface area contributed by atoms with Crippen molar-refractivity contribution in [3.8, 4) is 0 Å². The fraction of sp³-hybridized carbons (Fsp3) is 0.438. The largest absolute Gasteiger partial charge is 0.456 e. The van der Waals surface area contributed by atoms with Crippen LogP contribution in [0.3, 0.4) is 0 Å². The third-order valence-corrected chi connectivity index (χ3v) is 3.12. The first-order valence-corrected chi connectivity index (χ1v) is 7.36. The summed E-state index contributed by atoms with van der Waals surface area (Å²) in [6.07, 6.45) is 0.232. The Morgan fingerprint density at radius 3 is 2.14 bits per heavy atom. The van der Waals surface area contributed by atoms with Crippen LogP contribution in [0.25, 0.3) is 0 Å². The normalized spacial score (nSPS) is 9.95. The number of esters is 1. The SMILES string of the molecule is CCC(=O)OCC(=O)Nc1ccc(C(=O)N(CC)CC)cc1. The Hall–Kier alpha value is -2.37. The van der Waals surface area contributed by atoms with Crippen LogP contribution in [0, 0.1) is 0 Å². The molecule has 0 saturated carbocycles. The first kappa shape index (κ1) is 17.7. The molecular weight excluding hydrogens is 284 g/mol. The van der Waals surface area contributed by atoms with Gasteiger partial charge in [0.05, 0.1) is 0 Å². The Kier molecular flexibility index (Phi) is 7.08. The Bertz CT molecular complexity index is 521. The van der Waals surface area contributed by atoms with Crippen molar-refractivity contribution in [3.05, 3.63) is 29.8 Å². The molecule has 120 valence electrons. The third-order valence-electron chi connectivity index (χ3n) is 3.12. The lowest BCUT2D eigenvalue weighted by Crippen LogP contribution is -2.30. The van der Waals surface area contributed by atoms with E-state index < -0.39 is 11.9 Å². The van der Waals surface area contributed by atoms with E-state index in [0.717, 1.165) is 0 Å². The first-order valence-electron chi connectivity index (χ1n) is 7.36. The van der Waals surface area contributed by atoms with Crippen LogP contribution in [-0.4, -0.2) is 42.4 Å². The summed E-state index contributed by atoms with van der Waals surface area (Å²) >= 11 is 0. The molecular formula is C16H22N2O4. The Morgan fingerprint density at radius 2 is 1.64 bits per heavy atom. The molecule has 0 aliphatic carbocycles. The highest BCUT2D eigenvalue weighted by Crippen LogP contribution is 2.11. The number of carbonyl (C=O) groups excluding carboxylic acids is 3. The molecule has 0 radical (unpaired) electrons. The summed E-state index contributed by atoms with van der Waals surface area (Å²) in [6, 6.07) is 6.62. The molecule has 0 aliphatic rings. The van der Waals surface area contributed by atoms with E-state index in [1.165, 1.54) is 0 Å². The molecule has 0 bridgehead atoms. The number of carbonyl (C=O) groups is 3. The van der Waals surface area contributed by atoms with Crippen molar-refractivity contribution in [2.45, 2.75) is 27.2 Å². The summed E-state index contributed by atoms with van der Waals surface area (Å²) in [5.41, 5.74) is 1.12. The van der Waals surface area contributed by atoms with Crippen molar-refractivity contribution in [1.29, 1.82) is 0 Å². The van der Waals surface area contributed by atoms with Crippen molar-refractivity contribution in [3.63, 3.8) is 0 Å². The molecule has 6 heteroatoms. The highest BCUT2D eigenvalue weighted by atomic mass is 16.5. The number of ether oxygens (including phenoxy) is 1. The zero-order valence-electron chi connectivity index (χ0n) is 13.2. The van der Waals surface area contributed by atoms with Gasteiger partial charge in [-0.25, -0.2) is 0 Å². The van der Waals surface area contributed by atoms with Gasteiger partial charge in [-0.3, -0.25) is 14.4 Å². The second-order valence-electron chi connectivity index (χ2n) is 4.62. The van der Waals surface area contributed by atoms with Gasteiger partial charge in [-0.05, 0) is 38.1 Å². The summed E-state index contributed by atoms with van der Waals surface area (Å²) in [5, 5.41) is 2.60. The maximum absolute atomic E-state index is 12.1. The lowest BCUT2D eigenvalue weighted by molar-refractivity contribution is -0.146. The van der Waals surface area contributed by atoms with Crippen LogP contribution in [0.5, 0.6) is 0 Å². The van der Waals surface area contributed by atoms with Crippen molar-refractivity contribution in [2.75, 3.05) is 25.0 Å². The zero-order valence-corrected chi connectivity index (χ0v) is 13.2. The number of hydrogen-bond acceptors (Lipinski definition) is 4. The van der Waals surface area contributed by atoms with Gasteiger partial charge in [-0.1, -0.05) is 6.92 Å². The van der Waals surface area contributed by atoms with Crippen LogP contribution >= 0.6 is 0 Å². The van der Waals surface area contributed by atoms with Gasteiger partial charge < -0.3 is 15.0 Å². The molecule has 0 aromatic heterocycles. The number of anilines is 1. The zero-order chi connectivity index (χ0) is 16.5. The van der Waals surface area contributed by atoms with Crippen molar-refractivity contribution in [2.24, 2.45) is 0 Å². The van der Waals surface area contributed by atoms with Gasteiger partial charge >= 0.3 is 5.97 Å². The Morgan fingerprint density at radius 1 is 1.05 bits per heavy atom. The predicted octanol–water partition coefficient (Wildman–Crippen LogP) is 2.06. The topological polar surface area (TPSA) is 75.7 Å². The summed E-state index contributed by atoms with van der Waals surface area (Å²) < 4.78 is 4.74. The maximum atomic E-state index is 12.1. The van der Waals surface area contributed by atoms with Gasteiger partial charge in [0.15, 0.2) is 6.61 Å². The number of nitrogens with one attached hydrogen (secondary N) is 1. The molecule has 0 saturated heterocycles. The molecule has 1 aromatic rings. The van der Waals surface area contributed by atoms with Crippen molar-refractivity contribution < 1.29 is 19.1 Å². The standard InChI is InChI=1S/C16H22N2O4/c1-4-15(20)22-11-14(19)17-13-9-7-12(8-10-13)16(21)18(5-2)6-3/h7-10H,4-6,11H2,1-3H3,(H,17,19). The van der Waals surface area contributed by atoms with E-state index in [-0.39, 0.29) is 18.9 Å². The second kappa shape index (κ2) is 8.81.